The lowest BCUT2D eigenvalue weighted by molar-refractivity contribution is -0.121. The van der Waals surface area contributed by atoms with Crippen molar-refractivity contribution in [3.63, 3.8) is 0 Å². The largest absolute Gasteiger partial charge is 0.493 e. The third-order valence-electron chi connectivity index (χ3n) is 5.32. The molecule has 1 heterocycles. The van der Waals surface area contributed by atoms with Gasteiger partial charge in [-0.15, -0.1) is 0 Å². The molecule has 2 aromatic rings. The maximum atomic E-state index is 12.1. The van der Waals surface area contributed by atoms with Gasteiger partial charge in [0, 0.05) is 6.42 Å². The Balaban J connectivity index is 1.27. The first kappa shape index (κ1) is 19.8. The molecule has 0 aromatic heterocycles. The number of hydrogen-bond donors (Lipinski definition) is 1. The van der Waals surface area contributed by atoms with Crippen molar-refractivity contribution < 1.29 is 19.1 Å². The van der Waals surface area contributed by atoms with Crippen molar-refractivity contribution in [2.75, 3.05) is 13.2 Å². The Bertz CT molecular complexity index is 911. The average Bonchev–Trinajstić information content (AvgIpc) is 3.48. The summed E-state index contributed by atoms with van der Waals surface area (Å²) in [6.45, 7) is 2.86. The summed E-state index contributed by atoms with van der Waals surface area (Å²) in [6, 6.07) is 15.6. The summed E-state index contributed by atoms with van der Waals surface area (Å²) in [7, 11) is 0. The second kappa shape index (κ2) is 8.49. The highest BCUT2D eigenvalue weighted by Crippen LogP contribution is 2.41. The number of carbonyl (C=O) groups is 2. The zero-order chi connectivity index (χ0) is 20.3. The number of ether oxygens (including phenoxy) is 2. The number of hydrogen-bond acceptors (Lipinski definition) is 5. The third kappa shape index (κ3) is 4.75. The van der Waals surface area contributed by atoms with Crippen LogP contribution in [0.25, 0.3) is 0 Å². The zero-order valence-electron chi connectivity index (χ0n) is 16.5. The summed E-state index contributed by atoms with van der Waals surface area (Å²) in [5.41, 5.74) is 2.05. The average molecular weight is 412 g/mol. The van der Waals surface area contributed by atoms with Crippen LogP contribution in [0.3, 0.4) is 0 Å². The molecule has 1 N–H and O–H groups in total. The SMILES string of the molecule is CC1(c2cccc(OCCCOc3ccccc3CC3CC3)c2)SC(=O)NC1=O. The van der Waals surface area contributed by atoms with Crippen LogP contribution in [0.5, 0.6) is 11.5 Å². The summed E-state index contributed by atoms with van der Waals surface area (Å²) in [4.78, 5) is 23.7. The van der Waals surface area contributed by atoms with E-state index in [9.17, 15) is 9.59 Å². The fraction of sp³-hybridized carbons (Fsp3) is 0.391. The van der Waals surface area contributed by atoms with Crippen molar-refractivity contribution in [2.24, 2.45) is 5.92 Å². The van der Waals surface area contributed by atoms with Gasteiger partial charge in [-0.1, -0.05) is 30.3 Å². The van der Waals surface area contributed by atoms with Crippen molar-refractivity contribution >= 4 is 22.9 Å². The van der Waals surface area contributed by atoms with Crippen LogP contribution in [0.15, 0.2) is 48.5 Å². The summed E-state index contributed by atoms with van der Waals surface area (Å²) in [6.07, 6.45) is 4.52. The molecule has 1 unspecified atom stereocenters. The first-order valence-corrected chi connectivity index (χ1v) is 10.8. The molecule has 2 aliphatic rings. The van der Waals surface area contributed by atoms with Crippen LogP contribution in [0.4, 0.5) is 4.79 Å². The minimum Gasteiger partial charge on any atom is -0.493 e. The second-order valence-corrected chi connectivity index (χ2v) is 9.10. The standard InChI is InChI=1S/C23H25NO4S/c1-23(21(25)24-22(26)29-23)18-7-4-8-19(15-18)27-12-5-13-28-20-9-3-2-6-17(20)14-16-10-11-16/h2-4,6-9,15-16H,5,10-14H2,1H3,(H,24,25,26). The maximum absolute atomic E-state index is 12.1. The summed E-state index contributed by atoms with van der Waals surface area (Å²) < 4.78 is 10.9. The van der Waals surface area contributed by atoms with Crippen molar-refractivity contribution in [3.05, 3.63) is 59.7 Å². The molecule has 2 amide bonds. The van der Waals surface area contributed by atoms with E-state index in [1.54, 1.807) is 6.92 Å². The second-order valence-electron chi connectivity index (χ2n) is 7.71. The van der Waals surface area contributed by atoms with Gasteiger partial charge in [-0.2, -0.15) is 0 Å². The van der Waals surface area contributed by atoms with E-state index < -0.39 is 4.75 Å². The van der Waals surface area contributed by atoms with E-state index in [-0.39, 0.29) is 11.1 Å². The first-order valence-electron chi connectivity index (χ1n) is 10.0. The van der Waals surface area contributed by atoms with Gasteiger partial charge in [0.05, 0.1) is 13.2 Å². The molecule has 0 spiro atoms. The number of rotatable bonds is 9. The number of thioether (sulfide) groups is 1. The van der Waals surface area contributed by atoms with Gasteiger partial charge in [-0.3, -0.25) is 14.9 Å². The molecule has 0 bridgehead atoms. The Morgan fingerprint density at radius 3 is 2.62 bits per heavy atom. The summed E-state index contributed by atoms with van der Waals surface area (Å²) >= 11 is 1.00. The molecule has 1 saturated heterocycles. The maximum Gasteiger partial charge on any atom is 0.287 e. The van der Waals surface area contributed by atoms with Crippen molar-refractivity contribution in [1.29, 1.82) is 0 Å². The van der Waals surface area contributed by atoms with Crippen molar-refractivity contribution in [2.45, 2.75) is 37.4 Å². The van der Waals surface area contributed by atoms with E-state index in [1.807, 2.05) is 36.4 Å². The van der Waals surface area contributed by atoms with E-state index in [0.29, 0.717) is 19.0 Å². The van der Waals surface area contributed by atoms with E-state index in [1.165, 1.54) is 18.4 Å². The van der Waals surface area contributed by atoms with Crippen LogP contribution in [0.2, 0.25) is 0 Å². The molecule has 29 heavy (non-hydrogen) atoms. The molecule has 6 heteroatoms. The Hall–Kier alpha value is -2.47. The van der Waals surface area contributed by atoms with E-state index in [0.717, 1.165) is 41.8 Å². The monoisotopic (exact) mass is 411 g/mol. The quantitative estimate of drug-likeness (QED) is 0.607. The number of carbonyl (C=O) groups excluding carboxylic acids is 2. The van der Waals surface area contributed by atoms with Gasteiger partial charge in [-0.25, -0.2) is 0 Å². The molecule has 2 aromatic carbocycles. The first-order chi connectivity index (χ1) is 14.0. The molecule has 152 valence electrons. The Labute approximate surface area is 175 Å². The Morgan fingerprint density at radius 2 is 1.86 bits per heavy atom. The molecule has 1 saturated carbocycles. The van der Waals surface area contributed by atoms with Crippen LogP contribution < -0.4 is 14.8 Å². The van der Waals surface area contributed by atoms with Crippen LogP contribution in [-0.4, -0.2) is 24.4 Å². The minimum atomic E-state index is -0.912. The molecule has 1 aliphatic heterocycles. The van der Waals surface area contributed by atoms with Crippen LogP contribution in [-0.2, 0) is 16.0 Å². The molecular formula is C23H25NO4S. The smallest absolute Gasteiger partial charge is 0.287 e. The molecule has 0 radical (unpaired) electrons. The fourth-order valence-corrected chi connectivity index (χ4v) is 4.32. The zero-order valence-corrected chi connectivity index (χ0v) is 17.3. The minimum absolute atomic E-state index is 0.289. The molecule has 5 nitrogen and oxygen atoms in total. The molecular weight excluding hydrogens is 386 g/mol. The molecule has 2 fully saturated rings. The van der Waals surface area contributed by atoms with Gasteiger partial charge >= 0.3 is 0 Å². The normalized spacial score (nSPS) is 21.1. The molecule has 1 atom stereocenters. The van der Waals surface area contributed by atoms with E-state index in [4.69, 9.17) is 9.47 Å². The topological polar surface area (TPSA) is 64.6 Å². The highest BCUT2D eigenvalue weighted by molar-refractivity contribution is 8.15. The van der Waals surface area contributed by atoms with E-state index >= 15 is 0 Å². The predicted molar refractivity (Wildman–Crippen MR) is 113 cm³/mol. The lowest BCUT2D eigenvalue weighted by Crippen LogP contribution is -2.31. The van der Waals surface area contributed by atoms with Gasteiger partial charge in [0.2, 0.25) is 5.91 Å². The van der Waals surface area contributed by atoms with Crippen molar-refractivity contribution in [3.8, 4) is 11.5 Å². The summed E-state index contributed by atoms with van der Waals surface area (Å²) in [5.74, 6) is 2.20. The van der Waals surface area contributed by atoms with Crippen LogP contribution in [0.1, 0.15) is 37.3 Å². The van der Waals surface area contributed by atoms with Gasteiger partial charge in [0.25, 0.3) is 5.24 Å². The highest BCUT2D eigenvalue weighted by Gasteiger charge is 2.45. The van der Waals surface area contributed by atoms with Crippen LogP contribution >= 0.6 is 11.8 Å². The van der Waals surface area contributed by atoms with Gasteiger partial charge < -0.3 is 9.47 Å². The Morgan fingerprint density at radius 1 is 1.07 bits per heavy atom. The number of benzene rings is 2. The van der Waals surface area contributed by atoms with Crippen LogP contribution in [0, 0.1) is 5.92 Å². The number of nitrogens with one attached hydrogen (secondary N) is 1. The van der Waals surface area contributed by atoms with Gasteiger partial charge in [-0.05, 0) is 73.2 Å². The molecule has 1 aliphatic carbocycles. The third-order valence-corrected chi connectivity index (χ3v) is 6.44. The Kier molecular flexibility index (Phi) is 5.81. The highest BCUT2D eigenvalue weighted by atomic mass is 32.2. The number of amides is 2. The van der Waals surface area contributed by atoms with E-state index in [2.05, 4.69) is 17.4 Å². The lowest BCUT2D eigenvalue weighted by Gasteiger charge is -2.19. The lowest BCUT2D eigenvalue weighted by atomic mass is 9.99. The fourth-order valence-electron chi connectivity index (χ4n) is 3.42. The summed E-state index contributed by atoms with van der Waals surface area (Å²) in [5, 5.41) is 2.03. The number of imide groups is 1. The predicted octanol–water partition coefficient (Wildman–Crippen LogP) is 4.69. The van der Waals surface area contributed by atoms with Gasteiger partial charge in [0.1, 0.15) is 16.2 Å². The molecule has 4 rings (SSSR count). The number of para-hydroxylation sites is 1. The van der Waals surface area contributed by atoms with Gasteiger partial charge in [0.15, 0.2) is 0 Å². The van der Waals surface area contributed by atoms with Crippen molar-refractivity contribution in [1.82, 2.24) is 5.32 Å².